The van der Waals surface area contributed by atoms with Crippen molar-refractivity contribution in [3.63, 3.8) is 0 Å². The molecule has 0 unspecified atom stereocenters. The summed E-state index contributed by atoms with van der Waals surface area (Å²) >= 11 is 5.92. The smallest absolute Gasteiger partial charge is 0.309 e. The fourth-order valence-corrected chi connectivity index (χ4v) is 3.06. The number of carbonyl (C=O) groups is 2. The van der Waals surface area contributed by atoms with E-state index in [9.17, 15) is 14.0 Å². The average Bonchev–Trinajstić information content (AvgIpc) is 2.56. The molecule has 1 heterocycles. The van der Waals surface area contributed by atoms with E-state index in [1.807, 2.05) is 6.92 Å². The van der Waals surface area contributed by atoms with Crippen LogP contribution >= 0.6 is 11.6 Å². The number of hydrogen-bond acceptors (Lipinski definition) is 3. The van der Waals surface area contributed by atoms with Crippen LogP contribution < -0.4 is 10.2 Å². The summed E-state index contributed by atoms with van der Waals surface area (Å²) in [5, 5.41) is 2.90. The van der Waals surface area contributed by atoms with Crippen molar-refractivity contribution in [2.45, 2.75) is 25.8 Å². The van der Waals surface area contributed by atoms with Gasteiger partial charge in [0.25, 0.3) is 5.91 Å². The largest absolute Gasteiger partial charge is 0.469 e. The molecule has 1 aliphatic rings. The summed E-state index contributed by atoms with van der Waals surface area (Å²) < 4.78 is 17.8. The summed E-state index contributed by atoms with van der Waals surface area (Å²) in [6.07, 6.45) is 1.41. The van der Waals surface area contributed by atoms with E-state index in [0.717, 1.165) is 24.1 Å². The van der Waals surface area contributed by atoms with Gasteiger partial charge in [0.2, 0.25) is 0 Å². The molecule has 1 fully saturated rings. The maximum Gasteiger partial charge on any atom is 0.309 e. The van der Waals surface area contributed by atoms with E-state index < -0.39 is 5.82 Å². The molecule has 7 heteroatoms. The summed E-state index contributed by atoms with van der Waals surface area (Å²) in [5.41, 5.74) is 0.397. The predicted octanol–water partition coefficient (Wildman–Crippen LogP) is 1.27. The lowest BCUT2D eigenvalue weighted by Gasteiger charge is -2.31. The van der Waals surface area contributed by atoms with Crippen LogP contribution in [0.3, 0.4) is 0 Å². The van der Waals surface area contributed by atoms with E-state index in [2.05, 4.69) is 5.32 Å². The standard InChI is InChI=1S/C16H20ClFN2O3/c1-10(20-7-5-11(6-8-20)16(22)23-2)15(21)19-14-4-3-12(18)9-13(14)17/h3-4,9-11H,5-8H2,1-2H3,(H,19,21)/p+1/t10-/m0/s1. The van der Waals surface area contributed by atoms with Crippen LogP contribution in [-0.4, -0.2) is 38.1 Å². The van der Waals surface area contributed by atoms with Crippen LogP contribution in [0.4, 0.5) is 10.1 Å². The number of hydrogen-bond donors (Lipinski definition) is 2. The highest BCUT2D eigenvalue weighted by molar-refractivity contribution is 6.33. The number of ether oxygens (including phenoxy) is 1. The highest BCUT2D eigenvalue weighted by Gasteiger charge is 2.33. The van der Waals surface area contributed by atoms with Gasteiger partial charge in [0, 0.05) is 12.8 Å². The lowest BCUT2D eigenvalue weighted by atomic mass is 9.96. The van der Waals surface area contributed by atoms with Crippen molar-refractivity contribution in [3.05, 3.63) is 29.0 Å². The van der Waals surface area contributed by atoms with E-state index in [-0.39, 0.29) is 28.9 Å². The van der Waals surface area contributed by atoms with Crippen molar-refractivity contribution in [1.29, 1.82) is 0 Å². The summed E-state index contributed by atoms with van der Waals surface area (Å²) in [6, 6.07) is 3.58. The molecule has 0 saturated carbocycles. The Labute approximate surface area is 139 Å². The number of amides is 1. The third-order valence-electron chi connectivity index (χ3n) is 4.36. The Kier molecular flexibility index (Phi) is 5.96. The molecule has 2 rings (SSSR count). The molecule has 5 nitrogen and oxygen atoms in total. The number of rotatable bonds is 4. The Morgan fingerprint density at radius 1 is 1.39 bits per heavy atom. The van der Waals surface area contributed by atoms with Gasteiger partial charge in [-0.25, -0.2) is 4.39 Å². The second kappa shape index (κ2) is 7.75. The Bertz CT molecular complexity index is 589. The van der Waals surface area contributed by atoms with Crippen LogP contribution in [0, 0.1) is 11.7 Å². The topological polar surface area (TPSA) is 59.8 Å². The Hall–Kier alpha value is -1.66. The highest BCUT2D eigenvalue weighted by atomic mass is 35.5. The summed E-state index contributed by atoms with van der Waals surface area (Å²) in [7, 11) is 1.39. The molecule has 1 amide bonds. The molecular weight excluding hydrogens is 323 g/mol. The lowest BCUT2D eigenvalue weighted by Crippen LogP contribution is -3.17. The minimum atomic E-state index is -0.448. The number of carbonyl (C=O) groups excluding carboxylic acids is 2. The zero-order chi connectivity index (χ0) is 17.0. The monoisotopic (exact) mass is 343 g/mol. The van der Waals surface area contributed by atoms with Gasteiger partial charge >= 0.3 is 5.97 Å². The van der Waals surface area contributed by atoms with Crippen molar-refractivity contribution in [2.75, 3.05) is 25.5 Å². The summed E-state index contributed by atoms with van der Waals surface area (Å²) in [6.45, 7) is 3.29. The Morgan fingerprint density at radius 2 is 2.04 bits per heavy atom. The van der Waals surface area contributed by atoms with Crippen molar-refractivity contribution in [1.82, 2.24) is 0 Å². The van der Waals surface area contributed by atoms with E-state index in [0.29, 0.717) is 18.5 Å². The number of halogens is 2. The second-order valence-electron chi connectivity index (χ2n) is 5.79. The first-order valence-corrected chi connectivity index (χ1v) is 7.98. The first kappa shape index (κ1) is 17.7. The molecule has 1 aromatic carbocycles. The predicted molar refractivity (Wildman–Crippen MR) is 84.9 cm³/mol. The minimum absolute atomic E-state index is 0.0782. The lowest BCUT2D eigenvalue weighted by molar-refractivity contribution is -0.919. The molecule has 0 aromatic heterocycles. The normalized spacial score (nSPS) is 22.3. The molecule has 0 spiro atoms. The fourth-order valence-electron chi connectivity index (χ4n) is 2.84. The van der Waals surface area contributed by atoms with Crippen LogP contribution in [-0.2, 0) is 14.3 Å². The number of nitrogens with one attached hydrogen (secondary N) is 2. The third kappa shape index (κ3) is 4.42. The molecular formula is C16H21ClFN2O3+. The quantitative estimate of drug-likeness (QED) is 0.810. The maximum absolute atomic E-state index is 13.0. The van der Waals surface area contributed by atoms with Gasteiger partial charge in [0.05, 0.1) is 36.8 Å². The number of piperidine rings is 1. The van der Waals surface area contributed by atoms with Gasteiger partial charge in [0.1, 0.15) is 5.82 Å². The van der Waals surface area contributed by atoms with Gasteiger partial charge < -0.3 is 15.0 Å². The first-order valence-electron chi connectivity index (χ1n) is 7.60. The highest BCUT2D eigenvalue weighted by Crippen LogP contribution is 2.22. The summed E-state index contributed by atoms with van der Waals surface area (Å²) in [5.74, 6) is -0.883. The molecule has 2 N–H and O–H groups in total. The van der Waals surface area contributed by atoms with Gasteiger partial charge in [-0.3, -0.25) is 9.59 Å². The van der Waals surface area contributed by atoms with Crippen molar-refractivity contribution in [3.8, 4) is 0 Å². The number of likely N-dealkylation sites (tertiary alicyclic amines) is 1. The Morgan fingerprint density at radius 3 is 2.61 bits per heavy atom. The second-order valence-corrected chi connectivity index (χ2v) is 6.20. The molecule has 0 bridgehead atoms. The Balaban J connectivity index is 1.92. The SMILES string of the molecule is COC(=O)C1CC[NH+]([C@@H](C)C(=O)Nc2ccc(F)cc2Cl)CC1. The van der Waals surface area contributed by atoms with Gasteiger partial charge in [-0.2, -0.15) is 0 Å². The number of esters is 1. The van der Waals surface area contributed by atoms with E-state index in [1.165, 1.54) is 19.2 Å². The van der Waals surface area contributed by atoms with Gasteiger partial charge in [-0.05, 0) is 25.1 Å². The first-order chi connectivity index (χ1) is 10.9. The average molecular weight is 344 g/mol. The molecule has 23 heavy (non-hydrogen) atoms. The van der Waals surface area contributed by atoms with Crippen LogP contribution in [0.25, 0.3) is 0 Å². The van der Waals surface area contributed by atoms with E-state index >= 15 is 0 Å². The van der Waals surface area contributed by atoms with Crippen molar-refractivity contribution < 1.29 is 23.6 Å². The molecule has 1 saturated heterocycles. The van der Waals surface area contributed by atoms with Gasteiger partial charge in [0.15, 0.2) is 6.04 Å². The molecule has 1 atom stereocenters. The molecule has 0 radical (unpaired) electrons. The number of methoxy groups -OCH3 is 1. The number of benzene rings is 1. The van der Waals surface area contributed by atoms with E-state index in [4.69, 9.17) is 16.3 Å². The third-order valence-corrected chi connectivity index (χ3v) is 4.67. The molecule has 0 aliphatic carbocycles. The van der Waals surface area contributed by atoms with Gasteiger partial charge in [-0.15, -0.1) is 0 Å². The zero-order valence-corrected chi connectivity index (χ0v) is 14.0. The van der Waals surface area contributed by atoms with Crippen LogP contribution in [0.1, 0.15) is 19.8 Å². The van der Waals surface area contributed by atoms with Crippen LogP contribution in [0.2, 0.25) is 5.02 Å². The minimum Gasteiger partial charge on any atom is -0.469 e. The molecule has 126 valence electrons. The van der Waals surface area contributed by atoms with Gasteiger partial charge in [-0.1, -0.05) is 11.6 Å². The summed E-state index contributed by atoms with van der Waals surface area (Å²) in [4.78, 5) is 25.0. The maximum atomic E-state index is 13.0. The number of quaternary nitrogens is 1. The van der Waals surface area contributed by atoms with E-state index in [1.54, 1.807) is 0 Å². The molecule has 1 aliphatic heterocycles. The van der Waals surface area contributed by atoms with Crippen molar-refractivity contribution >= 4 is 29.2 Å². The molecule has 1 aromatic rings. The zero-order valence-electron chi connectivity index (χ0n) is 13.2. The van der Waals surface area contributed by atoms with Crippen LogP contribution in [0.5, 0.6) is 0 Å². The number of anilines is 1. The van der Waals surface area contributed by atoms with Crippen LogP contribution in [0.15, 0.2) is 18.2 Å². The fraction of sp³-hybridized carbons (Fsp3) is 0.500. The van der Waals surface area contributed by atoms with Crippen molar-refractivity contribution in [2.24, 2.45) is 5.92 Å².